The number of halogens is 5. The van der Waals surface area contributed by atoms with Gasteiger partial charge in [-0.05, 0) is 60.5 Å². The number of thiol groups is 1. The highest BCUT2D eigenvalue weighted by molar-refractivity contribution is 7.90. The zero-order chi connectivity index (χ0) is 27.2. The molecule has 0 bridgehead atoms. The van der Waals surface area contributed by atoms with Crippen LogP contribution in [0.1, 0.15) is 24.1 Å². The van der Waals surface area contributed by atoms with Crippen molar-refractivity contribution < 1.29 is 26.7 Å². The lowest BCUT2D eigenvalue weighted by molar-refractivity contribution is -0.258. The van der Waals surface area contributed by atoms with Crippen LogP contribution in [0.5, 0.6) is 0 Å². The van der Waals surface area contributed by atoms with Crippen LogP contribution in [0, 0.1) is 0 Å². The van der Waals surface area contributed by atoms with Crippen molar-refractivity contribution in [2.75, 3.05) is 24.5 Å². The van der Waals surface area contributed by atoms with E-state index in [0.29, 0.717) is 33.1 Å². The maximum absolute atomic E-state index is 13.5. The van der Waals surface area contributed by atoms with Crippen LogP contribution in [-0.4, -0.2) is 43.6 Å². The molecule has 4 rings (SSSR count). The van der Waals surface area contributed by atoms with E-state index in [1.807, 2.05) is 4.90 Å². The van der Waals surface area contributed by atoms with Gasteiger partial charge in [-0.1, -0.05) is 47.5 Å². The molecular formula is C25H23Cl2F3N2O3S2. The van der Waals surface area contributed by atoms with Crippen LogP contribution in [0.3, 0.4) is 0 Å². The standard InChI is InChI=1S/C25H23Cl2F3N2O3S2/c1-24(33,25(28,29)30)16-6-9-18(10-7-16)32-13-12-31(37(34,35)23-5-3-2-4-22(23)36)15-21(32)19-14-17(26)8-11-20(19)27/h2-11,14,21,33,36H,12-13,15H2,1H3/t21-,24-/m0/s1. The molecule has 1 aliphatic heterocycles. The van der Waals surface area contributed by atoms with Gasteiger partial charge >= 0.3 is 6.18 Å². The largest absolute Gasteiger partial charge is 0.421 e. The van der Waals surface area contributed by atoms with E-state index in [0.717, 1.165) is 0 Å². The maximum atomic E-state index is 13.5. The van der Waals surface area contributed by atoms with E-state index in [2.05, 4.69) is 12.6 Å². The second kappa shape index (κ2) is 10.3. The molecule has 0 amide bonds. The molecule has 1 heterocycles. The number of aliphatic hydroxyl groups is 1. The van der Waals surface area contributed by atoms with Crippen molar-refractivity contribution in [1.82, 2.24) is 4.31 Å². The first kappa shape index (κ1) is 28.1. The summed E-state index contributed by atoms with van der Waals surface area (Å²) >= 11 is 17.0. The molecule has 37 heavy (non-hydrogen) atoms. The summed E-state index contributed by atoms with van der Waals surface area (Å²) in [5.41, 5.74) is -2.23. The summed E-state index contributed by atoms with van der Waals surface area (Å²) in [6.45, 7) is 1.03. The highest BCUT2D eigenvalue weighted by Crippen LogP contribution is 2.41. The second-order valence-electron chi connectivity index (χ2n) is 8.82. The van der Waals surface area contributed by atoms with Crippen LogP contribution in [0.2, 0.25) is 10.0 Å². The summed E-state index contributed by atoms with van der Waals surface area (Å²) in [7, 11) is -3.91. The number of sulfonamides is 1. The third kappa shape index (κ3) is 5.46. The Kier molecular flexibility index (Phi) is 7.82. The van der Waals surface area contributed by atoms with Gasteiger partial charge in [0.25, 0.3) is 0 Å². The lowest BCUT2D eigenvalue weighted by Gasteiger charge is -2.43. The quantitative estimate of drug-likeness (QED) is 0.342. The first-order valence-corrected chi connectivity index (χ1v) is 13.8. The number of nitrogens with zero attached hydrogens (tertiary/aromatic N) is 2. The number of benzene rings is 3. The van der Waals surface area contributed by atoms with Crippen molar-refractivity contribution in [3.63, 3.8) is 0 Å². The molecule has 1 fully saturated rings. The van der Waals surface area contributed by atoms with Gasteiger partial charge in [0.2, 0.25) is 10.0 Å². The number of hydrogen-bond acceptors (Lipinski definition) is 5. The second-order valence-corrected chi connectivity index (χ2v) is 12.1. The molecule has 0 spiro atoms. The zero-order valence-corrected chi connectivity index (χ0v) is 22.7. The summed E-state index contributed by atoms with van der Waals surface area (Å²) in [5.74, 6) is 0. The van der Waals surface area contributed by atoms with Gasteiger partial charge in [0.15, 0.2) is 5.60 Å². The van der Waals surface area contributed by atoms with E-state index >= 15 is 0 Å². The molecule has 5 nitrogen and oxygen atoms in total. The number of alkyl halides is 3. The highest BCUT2D eigenvalue weighted by atomic mass is 35.5. The SMILES string of the molecule is C[C@](O)(c1ccc(N2CCN(S(=O)(=O)c3ccccc3S)C[C@H]2c2cc(Cl)ccc2Cl)cc1)C(F)(F)F. The van der Waals surface area contributed by atoms with Gasteiger partial charge in [0, 0.05) is 40.3 Å². The number of rotatable bonds is 5. The minimum Gasteiger partial charge on any atom is -0.376 e. The van der Waals surface area contributed by atoms with Gasteiger partial charge in [-0.2, -0.15) is 17.5 Å². The summed E-state index contributed by atoms with van der Waals surface area (Å²) < 4.78 is 68.2. The monoisotopic (exact) mass is 590 g/mol. The Labute approximate surface area is 228 Å². The van der Waals surface area contributed by atoms with E-state index in [4.69, 9.17) is 23.2 Å². The fourth-order valence-electron chi connectivity index (χ4n) is 4.28. The fourth-order valence-corrected chi connectivity index (χ4v) is 6.73. The summed E-state index contributed by atoms with van der Waals surface area (Å²) in [6, 6.07) is 16.0. The predicted octanol–water partition coefficient (Wildman–Crippen LogP) is 6.30. The predicted molar refractivity (Wildman–Crippen MR) is 141 cm³/mol. The molecule has 0 unspecified atom stereocenters. The molecule has 1 saturated heterocycles. The summed E-state index contributed by atoms with van der Waals surface area (Å²) in [5, 5.41) is 10.8. The molecule has 0 aliphatic carbocycles. The molecular weight excluding hydrogens is 568 g/mol. The third-order valence-corrected chi connectivity index (χ3v) is 9.50. The first-order chi connectivity index (χ1) is 17.2. The maximum Gasteiger partial charge on any atom is 0.421 e. The molecule has 1 aliphatic rings. The van der Waals surface area contributed by atoms with Gasteiger partial charge in [0.05, 0.1) is 10.9 Å². The minimum absolute atomic E-state index is 0.00647. The number of piperazine rings is 1. The lowest BCUT2D eigenvalue weighted by Crippen LogP contribution is -2.50. The minimum atomic E-state index is -4.85. The topological polar surface area (TPSA) is 60.9 Å². The fraction of sp³-hybridized carbons (Fsp3) is 0.280. The molecule has 2 atom stereocenters. The summed E-state index contributed by atoms with van der Waals surface area (Å²) in [6.07, 6.45) is -4.85. The summed E-state index contributed by atoms with van der Waals surface area (Å²) in [4.78, 5) is 2.25. The van der Waals surface area contributed by atoms with Crippen LogP contribution in [0.4, 0.5) is 18.9 Å². The van der Waals surface area contributed by atoms with Gasteiger partial charge < -0.3 is 10.0 Å². The molecule has 0 saturated carbocycles. The van der Waals surface area contributed by atoms with Gasteiger partial charge in [-0.15, -0.1) is 12.6 Å². The lowest BCUT2D eigenvalue weighted by atomic mass is 9.94. The van der Waals surface area contributed by atoms with Crippen LogP contribution in [0.25, 0.3) is 0 Å². The van der Waals surface area contributed by atoms with Crippen molar-refractivity contribution in [2.24, 2.45) is 0 Å². The van der Waals surface area contributed by atoms with Crippen molar-refractivity contribution in [3.05, 3.63) is 87.9 Å². The molecule has 3 aromatic rings. The Morgan fingerprint density at radius 2 is 1.65 bits per heavy atom. The Morgan fingerprint density at radius 3 is 2.27 bits per heavy atom. The zero-order valence-electron chi connectivity index (χ0n) is 19.5. The molecule has 0 aromatic heterocycles. The number of anilines is 1. The molecule has 0 radical (unpaired) electrons. The van der Waals surface area contributed by atoms with Gasteiger partial charge in [-0.25, -0.2) is 8.42 Å². The van der Waals surface area contributed by atoms with E-state index in [1.54, 1.807) is 36.4 Å². The number of hydrogen-bond donors (Lipinski definition) is 2. The van der Waals surface area contributed by atoms with Crippen molar-refractivity contribution in [2.45, 2.75) is 34.5 Å². The van der Waals surface area contributed by atoms with E-state index < -0.39 is 27.8 Å². The third-order valence-electron chi connectivity index (χ3n) is 6.46. The van der Waals surface area contributed by atoms with Gasteiger partial charge in [-0.3, -0.25) is 0 Å². The Hall–Kier alpha value is -1.95. The van der Waals surface area contributed by atoms with Crippen LogP contribution in [0.15, 0.2) is 76.5 Å². The highest BCUT2D eigenvalue weighted by Gasteiger charge is 2.51. The molecule has 1 N–H and O–H groups in total. The van der Waals surface area contributed by atoms with Crippen molar-refractivity contribution >= 4 is 51.5 Å². The smallest absolute Gasteiger partial charge is 0.376 e. The van der Waals surface area contributed by atoms with Crippen LogP contribution < -0.4 is 4.90 Å². The van der Waals surface area contributed by atoms with E-state index in [9.17, 15) is 26.7 Å². The molecule has 12 heteroatoms. The van der Waals surface area contributed by atoms with Crippen molar-refractivity contribution in [3.8, 4) is 0 Å². The van der Waals surface area contributed by atoms with E-state index in [1.165, 1.54) is 34.6 Å². The Bertz CT molecular complexity index is 1400. The van der Waals surface area contributed by atoms with E-state index in [-0.39, 0.29) is 30.1 Å². The van der Waals surface area contributed by atoms with Crippen molar-refractivity contribution in [1.29, 1.82) is 0 Å². The Balaban J connectivity index is 1.73. The molecule has 198 valence electrons. The average Bonchev–Trinajstić information content (AvgIpc) is 2.84. The normalized spacial score (nSPS) is 19.0. The van der Waals surface area contributed by atoms with Gasteiger partial charge in [0.1, 0.15) is 0 Å². The average molecular weight is 592 g/mol. The van der Waals surface area contributed by atoms with Crippen LogP contribution >= 0.6 is 35.8 Å². The Morgan fingerprint density at radius 1 is 1.00 bits per heavy atom. The van der Waals surface area contributed by atoms with Crippen LogP contribution in [-0.2, 0) is 15.6 Å². The first-order valence-electron chi connectivity index (χ1n) is 11.1. The molecule has 3 aromatic carbocycles.